The normalized spacial score (nSPS) is 11.3. The van der Waals surface area contributed by atoms with Gasteiger partial charge >= 0.3 is 0 Å². The zero-order valence-electron chi connectivity index (χ0n) is 6.83. The van der Waals surface area contributed by atoms with Gasteiger partial charge in [-0.1, -0.05) is 12.1 Å². The third-order valence-corrected chi connectivity index (χ3v) is 1.57. The first-order chi connectivity index (χ1) is 5.93. The van der Waals surface area contributed by atoms with Crippen LogP contribution in [0.3, 0.4) is 0 Å². The van der Waals surface area contributed by atoms with Crippen LogP contribution in [0.2, 0.25) is 0 Å². The molecule has 1 aromatic carbocycles. The number of hydrogen-bond donors (Lipinski definition) is 0. The van der Waals surface area contributed by atoms with Crippen LogP contribution in [0.4, 0.5) is 14.5 Å². The summed E-state index contributed by atoms with van der Waals surface area (Å²) in [6, 6.07) is 4.82. The molecule has 0 N–H and O–H groups in total. The van der Waals surface area contributed by atoms with Gasteiger partial charge in [0.1, 0.15) is 0 Å². The molecule has 70 valence electrons. The van der Waals surface area contributed by atoms with Crippen molar-refractivity contribution in [3.63, 3.8) is 0 Å². The van der Waals surface area contributed by atoms with Crippen LogP contribution in [0.25, 0.3) is 0 Å². The number of nitro benzene ring substituents is 1. The Kier molecular flexibility index (Phi) is 2.27. The lowest BCUT2D eigenvalue weighted by Crippen LogP contribution is -2.09. The van der Waals surface area contributed by atoms with Crippen molar-refractivity contribution in [3.05, 3.63) is 39.9 Å². The lowest BCUT2D eigenvalue weighted by atomic mass is 10.1. The van der Waals surface area contributed by atoms with Crippen molar-refractivity contribution in [2.75, 3.05) is 0 Å². The lowest BCUT2D eigenvalue weighted by molar-refractivity contribution is -0.386. The van der Waals surface area contributed by atoms with E-state index in [-0.39, 0.29) is 0 Å². The highest BCUT2D eigenvalue weighted by molar-refractivity contribution is 5.42. The van der Waals surface area contributed by atoms with Gasteiger partial charge in [-0.3, -0.25) is 10.1 Å². The molecule has 5 heteroatoms. The standard InChI is InChI=1S/C8H7F2NO2/c1-8(9,10)6-4-2-3-5-7(6)11(12)13/h2-5H,1H3. The second-order valence-electron chi connectivity index (χ2n) is 2.66. The number of benzene rings is 1. The van der Waals surface area contributed by atoms with E-state index >= 15 is 0 Å². The molecule has 0 saturated carbocycles. The molecule has 0 saturated heterocycles. The Morgan fingerprint density at radius 1 is 1.38 bits per heavy atom. The summed E-state index contributed by atoms with van der Waals surface area (Å²) in [5, 5.41) is 10.3. The maximum atomic E-state index is 12.8. The monoisotopic (exact) mass is 187 g/mol. The van der Waals surface area contributed by atoms with Crippen molar-refractivity contribution in [3.8, 4) is 0 Å². The van der Waals surface area contributed by atoms with Gasteiger partial charge in [0.25, 0.3) is 11.6 Å². The zero-order chi connectivity index (χ0) is 10.1. The van der Waals surface area contributed by atoms with E-state index in [1.165, 1.54) is 12.1 Å². The molecule has 1 aromatic rings. The molecule has 0 aliphatic heterocycles. The SMILES string of the molecule is CC(F)(F)c1ccccc1[N+](=O)[O-]. The fourth-order valence-electron chi connectivity index (χ4n) is 1.00. The maximum absolute atomic E-state index is 12.8. The summed E-state index contributed by atoms with van der Waals surface area (Å²) in [6.07, 6.45) is 0. The van der Waals surface area contributed by atoms with Gasteiger partial charge < -0.3 is 0 Å². The maximum Gasteiger partial charge on any atom is 0.278 e. The quantitative estimate of drug-likeness (QED) is 0.527. The average molecular weight is 187 g/mol. The molecule has 0 atom stereocenters. The molecule has 0 unspecified atom stereocenters. The van der Waals surface area contributed by atoms with E-state index in [1.807, 2.05) is 0 Å². The average Bonchev–Trinajstić information content (AvgIpc) is 2.03. The second kappa shape index (κ2) is 3.08. The predicted octanol–water partition coefficient (Wildman–Crippen LogP) is 2.71. The number of rotatable bonds is 2. The van der Waals surface area contributed by atoms with Gasteiger partial charge in [0.15, 0.2) is 0 Å². The molecule has 0 fully saturated rings. The molecule has 0 aliphatic rings. The predicted molar refractivity (Wildman–Crippen MR) is 42.7 cm³/mol. The van der Waals surface area contributed by atoms with Gasteiger partial charge in [0.2, 0.25) is 0 Å². The topological polar surface area (TPSA) is 43.1 Å². The molecule has 1 rings (SSSR count). The van der Waals surface area contributed by atoms with Crippen molar-refractivity contribution in [1.82, 2.24) is 0 Å². The van der Waals surface area contributed by atoms with Crippen LogP contribution >= 0.6 is 0 Å². The number of nitro groups is 1. The molecule has 0 aromatic heterocycles. The highest BCUT2D eigenvalue weighted by Gasteiger charge is 2.32. The first-order valence-corrected chi connectivity index (χ1v) is 3.54. The van der Waals surface area contributed by atoms with E-state index in [9.17, 15) is 18.9 Å². The Bertz CT molecular complexity index is 333. The first-order valence-electron chi connectivity index (χ1n) is 3.54. The van der Waals surface area contributed by atoms with Gasteiger partial charge in [-0.15, -0.1) is 0 Å². The number of hydrogen-bond acceptors (Lipinski definition) is 2. The summed E-state index contributed by atoms with van der Waals surface area (Å²) < 4.78 is 25.5. The summed E-state index contributed by atoms with van der Waals surface area (Å²) in [4.78, 5) is 9.53. The molecule has 0 aliphatic carbocycles. The molecular formula is C8H7F2NO2. The smallest absolute Gasteiger partial charge is 0.258 e. The van der Waals surface area contributed by atoms with Crippen molar-refractivity contribution >= 4 is 5.69 Å². The molecule has 13 heavy (non-hydrogen) atoms. The Morgan fingerprint density at radius 2 is 1.92 bits per heavy atom. The zero-order valence-corrected chi connectivity index (χ0v) is 6.83. The Morgan fingerprint density at radius 3 is 2.31 bits per heavy atom. The summed E-state index contributed by atoms with van der Waals surface area (Å²) in [5.41, 5.74) is -1.10. The van der Waals surface area contributed by atoms with E-state index in [2.05, 4.69) is 0 Å². The van der Waals surface area contributed by atoms with Gasteiger partial charge in [-0.25, -0.2) is 8.78 Å². The number of alkyl halides is 2. The summed E-state index contributed by atoms with van der Waals surface area (Å²) in [7, 11) is 0. The van der Waals surface area contributed by atoms with E-state index in [1.54, 1.807) is 0 Å². The summed E-state index contributed by atoms with van der Waals surface area (Å²) in [6.45, 7) is 0.634. The Hall–Kier alpha value is -1.52. The van der Waals surface area contributed by atoms with Crippen LogP contribution in [-0.4, -0.2) is 4.92 Å². The minimum Gasteiger partial charge on any atom is -0.258 e. The number of nitrogens with zero attached hydrogens (tertiary/aromatic N) is 1. The van der Waals surface area contributed by atoms with E-state index in [4.69, 9.17) is 0 Å². The Labute approximate surface area is 73.1 Å². The van der Waals surface area contributed by atoms with Crippen LogP contribution < -0.4 is 0 Å². The highest BCUT2D eigenvalue weighted by atomic mass is 19.3. The van der Waals surface area contributed by atoms with Crippen molar-refractivity contribution in [1.29, 1.82) is 0 Å². The summed E-state index contributed by atoms with van der Waals surface area (Å²) in [5.74, 6) is -3.18. The van der Waals surface area contributed by atoms with Gasteiger partial charge in [-0.05, 0) is 6.07 Å². The van der Waals surface area contributed by atoms with Gasteiger partial charge in [0.05, 0.1) is 10.5 Å². The van der Waals surface area contributed by atoms with Gasteiger partial charge in [-0.2, -0.15) is 0 Å². The van der Waals surface area contributed by atoms with Crippen LogP contribution in [0.5, 0.6) is 0 Å². The first kappa shape index (κ1) is 9.57. The number of para-hydroxylation sites is 1. The van der Waals surface area contributed by atoms with Gasteiger partial charge in [0, 0.05) is 13.0 Å². The van der Waals surface area contributed by atoms with Crippen molar-refractivity contribution in [2.45, 2.75) is 12.8 Å². The molecule has 0 heterocycles. The van der Waals surface area contributed by atoms with E-state index in [0.29, 0.717) is 6.92 Å². The molecule has 3 nitrogen and oxygen atoms in total. The third-order valence-electron chi connectivity index (χ3n) is 1.57. The molecule has 0 amide bonds. The Balaban J connectivity index is 3.28. The minimum atomic E-state index is -3.18. The minimum absolute atomic E-state index is 0.546. The molecule has 0 bridgehead atoms. The molecule has 0 spiro atoms. The van der Waals surface area contributed by atoms with Crippen molar-refractivity contribution in [2.24, 2.45) is 0 Å². The largest absolute Gasteiger partial charge is 0.278 e. The highest BCUT2D eigenvalue weighted by Crippen LogP contribution is 2.33. The third kappa shape index (κ3) is 1.99. The van der Waals surface area contributed by atoms with Crippen LogP contribution in [0, 0.1) is 10.1 Å². The second-order valence-corrected chi connectivity index (χ2v) is 2.66. The van der Waals surface area contributed by atoms with E-state index < -0.39 is 22.1 Å². The number of halogens is 2. The fraction of sp³-hybridized carbons (Fsp3) is 0.250. The van der Waals surface area contributed by atoms with Crippen molar-refractivity contribution < 1.29 is 13.7 Å². The van der Waals surface area contributed by atoms with Crippen LogP contribution in [0.15, 0.2) is 24.3 Å². The van der Waals surface area contributed by atoms with Crippen LogP contribution in [-0.2, 0) is 5.92 Å². The fourth-order valence-corrected chi connectivity index (χ4v) is 1.00. The molecule has 0 radical (unpaired) electrons. The van der Waals surface area contributed by atoms with Crippen LogP contribution in [0.1, 0.15) is 12.5 Å². The van der Waals surface area contributed by atoms with E-state index in [0.717, 1.165) is 12.1 Å². The lowest BCUT2D eigenvalue weighted by Gasteiger charge is -2.09. The molecular weight excluding hydrogens is 180 g/mol. The summed E-state index contributed by atoms with van der Waals surface area (Å²) >= 11 is 0.